The minimum absolute atomic E-state index is 0. The minimum Gasteiger partial charge on any atom is 0 e. The van der Waals surface area contributed by atoms with Crippen LogP contribution < -0.4 is 0 Å². The van der Waals surface area contributed by atoms with E-state index in [1.807, 2.05) is 0 Å². The Morgan fingerprint density at radius 1 is 1.43 bits per heavy atom. The summed E-state index contributed by atoms with van der Waals surface area (Å²) in [7, 11) is 0. The first-order chi connectivity index (χ1) is 2.41. The summed E-state index contributed by atoms with van der Waals surface area (Å²) in [5, 5.41) is 8.07. The number of hydrogen-bond donors (Lipinski definition) is 1. The first-order valence-corrected chi connectivity index (χ1v) is 2.02. The van der Waals surface area contributed by atoms with Crippen LogP contribution in [0.5, 0.6) is 0 Å². The third-order valence-electron chi connectivity index (χ3n) is 0.512. The van der Waals surface area contributed by atoms with Crippen LogP contribution in [0.4, 0.5) is 0 Å². The molecule has 3 heteroatoms. The molecular formula is C4H12BaOTi. The molecule has 0 heterocycles. The molecule has 0 unspecified atom stereocenters. The number of rotatable bonds is 2. The maximum atomic E-state index is 8.07. The molecule has 0 aliphatic carbocycles. The second kappa shape index (κ2) is 15.7. The van der Waals surface area contributed by atoms with Crippen LogP contribution in [-0.4, -0.2) is 60.6 Å². The van der Waals surface area contributed by atoms with Gasteiger partial charge in [-0.25, -0.2) is 0 Å². The predicted molar refractivity (Wildman–Crippen MR) is 30.5 cm³/mol. The van der Waals surface area contributed by atoms with Gasteiger partial charge in [0.2, 0.25) is 0 Å². The molecule has 0 atom stereocenters. The van der Waals surface area contributed by atoms with E-state index < -0.39 is 0 Å². The monoisotopic (exact) mass is 262 g/mol. The normalized spacial score (nSPS) is 6.00. The molecule has 0 aromatic rings. The summed E-state index contributed by atoms with van der Waals surface area (Å²) < 4.78 is 0. The van der Waals surface area contributed by atoms with E-state index in [-0.39, 0.29) is 70.6 Å². The van der Waals surface area contributed by atoms with Crippen LogP contribution in [0.15, 0.2) is 0 Å². The molecular weight excluding hydrogens is 249 g/mol. The summed E-state index contributed by atoms with van der Waals surface area (Å²) in [6, 6.07) is 0. The molecule has 0 aliphatic heterocycles. The fraction of sp³-hybridized carbons (Fsp3) is 1.00. The molecule has 0 bridgehead atoms. The molecule has 0 saturated carbocycles. The molecule has 7 heavy (non-hydrogen) atoms. The second-order valence-corrected chi connectivity index (χ2v) is 1.08. The molecule has 0 saturated heterocycles. The van der Waals surface area contributed by atoms with Crippen molar-refractivity contribution >= 4 is 48.9 Å². The fourth-order valence-electron chi connectivity index (χ4n) is 0.158. The largest absolute Gasteiger partial charge is 0 e. The van der Waals surface area contributed by atoms with Crippen molar-refractivity contribution in [1.82, 2.24) is 0 Å². The number of unbranched alkanes of at least 4 members (excludes halogenated alkanes) is 1. The zero-order chi connectivity index (χ0) is 4.12. The first-order valence-electron chi connectivity index (χ1n) is 2.02. The van der Waals surface area contributed by atoms with Crippen LogP contribution in [0, 0.1) is 0 Å². The molecule has 0 aromatic carbocycles. The Morgan fingerprint density at radius 2 is 1.86 bits per heavy atom. The van der Waals surface area contributed by atoms with Crippen molar-refractivity contribution in [2.75, 3.05) is 6.61 Å². The zero-order valence-corrected chi connectivity index (χ0v) is 5.63. The third kappa shape index (κ3) is 17.8. The molecule has 0 fully saturated rings. The summed E-state index contributed by atoms with van der Waals surface area (Å²) in [6.07, 6.45) is 2.04. The molecule has 0 aliphatic rings. The van der Waals surface area contributed by atoms with Crippen molar-refractivity contribution in [3.63, 3.8) is 0 Å². The molecule has 0 radical (unpaired) electrons. The van der Waals surface area contributed by atoms with Crippen molar-refractivity contribution in [3.8, 4) is 0 Å². The van der Waals surface area contributed by atoms with Gasteiger partial charge in [-0.05, 0) is 6.42 Å². The fourth-order valence-corrected chi connectivity index (χ4v) is 0.158. The van der Waals surface area contributed by atoms with Gasteiger partial charge in [0.25, 0.3) is 0 Å². The molecule has 0 rings (SSSR count). The summed E-state index contributed by atoms with van der Waals surface area (Å²) in [4.78, 5) is 0. The van der Waals surface area contributed by atoms with E-state index in [1.165, 1.54) is 0 Å². The van der Waals surface area contributed by atoms with E-state index in [0.717, 1.165) is 12.8 Å². The Balaban J connectivity index is -0.0000000800. The summed E-state index contributed by atoms with van der Waals surface area (Å²) in [5.74, 6) is 0. The topological polar surface area (TPSA) is 20.2 Å². The van der Waals surface area contributed by atoms with E-state index in [1.54, 1.807) is 0 Å². The number of aliphatic hydroxyl groups is 1. The zero-order valence-electron chi connectivity index (χ0n) is 4.07. The van der Waals surface area contributed by atoms with Crippen molar-refractivity contribution < 1.29 is 26.8 Å². The SMILES string of the molecule is CCCCO.[BaH2].[Ti]. The Labute approximate surface area is 100 Å². The van der Waals surface area contributed by atoms with Crippen LogP contribution in [0.25, 0.3) is 0 Å². The van der Waals surface area contributed by atoms with E-state index in [0.29, 0.717) is 6.61 Å². The van der Waals surface area contributed by atoms with Gasteiger partial charge in [0.05, 0.1) is 0 Å². The third-order valence-corrected chi connectivity index (χ3v) is 0.512. The maximum absolute atomic E-state index is 8.07. The number of hydrogen-bond acceptors (Lipinski definition) is 1. The van der Waals surface area contributed by atoms with E-state index in [9.17, 15) is 0 Å². The van der Waals surface area contributed by atoms with Gasteiger partial charge in [0.1, 0.15) is 0 Å². The van der Waals surface area contributed by atoms with E-state index in [2.05, 4.69) is 6.92 Å². The molecule has 1 nitrogen and oxygen atoms in total. The van der Waals surface area contributed by atoms with Crippen LogP contribution in [0.3, 0.4) is 0 Å². The Bertz CT molecular complexity index is 19.2. The minimum atomic E-state index is 0. The Hall–Kier alpha value is 2.25. The smallest absolute Gasteiger partial charge is 0 e. The molecule has 0 spiro atoms. The van der Waals surface area contributed by atoms with Crippen molar-refractivity contribution in [2.24, 2.45) is 0 Å². The van der Waals surface area contributed by atoms with Gasteiger partial charge >= 0.3 is 48.9 Å². The summed E-state index contributed by atoms with van der Waals surface area (Å²) in [5.41, 5.74) is 0. The van der Waals surface area contributed by atoms with Gasteiger partial charge in [-0.15, -0.1) is 0 Å². The van der Waals surface area contributed by atoms with Gasteiger partial charge in [-0.2, -0.15) is 0 Å². The maximum Gasteiger partial charge on any atom is 0 e. The van der Waals surface area contributed by atoms with E-state index >= 15 is 0 Å². The van der Waals surface area contributed by atoms with Crippen molar-refractivity contribution in [1.29, 1.82) is 0 Å². The van der Waals surface area contributed by atoms with Crippen LogP contribution in [0.1, 0.15) is 19.8 Å². The van der Waals surface area contributed by atoms with Crippen molar-refractivity contribution in [3.05, 3.63) is 0 Å². The summed E-state index contributed by atoms with van der Waals surface area (Å²) in [6.45, 7) is 2.40. The van der Waals surface area contributed by atoms with Crippen LogP contribution in [0.2, 0.25) is 0 Å². The average molecular weight is 261 g/mol. The van der Waals surface area contributed by atoms with Gasteiger partial charge in [0, 0.05) is 28.3 Å². The molecule has 0 aromatic heterocycles. The Kier molecular flexibility index (Phi) is 36.2. The van der Waals surface area contributed by atoms with Gasteiger partial charge in [-0.3, -0.25) is 0 Å². The molecule has 0 amide bonds. The predicted octanol–water partition coefficient (Wildman–Crippen LogP) is -0.140. The van der Waals surface area contributed by atoms with Gasteiger partial charge in [0.15, 0.2) is 0 Å². The average Bonchev–Trinajstić information content (AvgIpc) is 1.41. The van der Waals surface area contributed by atoms with E-state index in [4.69, 9.17) is 5.11 Å². The molecule has 40 valence electrons. The van der Waals surface area contributed by atoms with Crippen molar-refractivity contribution in [2.45, 2.75) is 19.8 Å². The number of aliphatic hydroxyl groups excluding tert-OH is 1. The first kappa shape index (κ1) is 16.1. The molecule has 1 N–H and O–H groups in total. The van der Waals surface area contributed by atoms with Gasteiger partial charge < -0.3 is 5.11 Å². The van der Waals surface area contributed by atoms with Gasteiger partial charge in [-0.1, -0.05) is 13.3 Å². The standard InChI is InChI=1S/C4H10O.Ba.Ti.2H/c1-2-3-4-5;;;;/h5H,2-4H2,1H3;;;;. The van der Waals surface area contributed by atoms with Crippen LogP contribution in [-0.2, 0) is 21.7 Å². The summed E-state index contributed by atoms with van der Waals surface area (Å²) >= 11 is 0. The second-order valence-electron chi connectivity index (χ2n) is 1.08. The van der Waals surface area contributed by atoms with Crippen LogP contribution >= 0.6 is 0 Å². The Morgan fingerprint density at radius 3 is 1.86 bits per heavy atom. The quantitative estimate of drug-likeness (QED) is 0.686.